The second-order valence-corrected chi connectivity index (χ2v) is 10.2. The number of pyridine rings is 1. The number of nitrogens with zero attached hydrogens (tertiary/aromatic N) is 3. The molecule has 1 amide bonds. The number of nitrogens with one attached hydrogen (secondary N) is 1. The molecule has 1 fully saturated rings. The fourth-order valence-electron chi connectivity index (χ4n) is 5.65. The lowest BCUT2D eigenvalue weighted by atomic mass is 9.84. The minimum absolute atomic E-state index is 0.0138. The molecule has 1 aliphatic carbocycles. The Morgan fingerprint density at radius 3 is 2.58 bits per heavy atom. The van der Waals surface area contributed by atoms with Crippen molar-refractivity contribution in [3.8, 4) is 17.3 Å². The molecular formula is C31H34N4O. The number of hydrogen-bond acceptors (Lipinski definition) is 4. The lowest BCUT2D eigenvalue weighted by Crippen LogP contribution is -2.38. The lowest BCUT2D eigenvalue weighted by Gasteiger charge is -2.30. The van der Waals surface area contributed by atoms with Crippen molar-refractivity contribution in [2.24, 2.45) is 5.92 Å². The Bertz CT molecular complexity index is 1220. The number of amides is 1. The Balaban J connectivity index is 1.06. The van der Waals surface area contributed by atoms with Crippen LogP contribution >= 0.6 is 0 Å². The van der Waals surface area contributed by atoms with Gasteiger partial charge in [0.15, 0.2) is 0 Å². The highest BCUT2D eigenvalue weighted by molar-refractivity contribution is 5.95. The summed E-state index contributed by atoms with van der Waals surface area (Å²) in [5.41, 5.74) is 6.06. The molecule has 0 saturated heterocycles. The molecule has 0 spiro atoms. The zero-order chi connectivity index (χ0) is 24.7. The maximum atomic E-state index is 12.9. The maximum Gasteiger partial charge on any atom is 0.251 e. The highest BCUT2D eigenvalue weighted by atomic mass is 16.1. The van der Waals surface area contributed by atoms with Crippen molar-refractivity contribution in [1.82, 2.24) is 15.2 Å². The molecule has 36 heavy (non-hydrogen) atoms. The molecule has 5 rings (SSSR count). The second-order valence-electron chi connectivity index (χ2n) is 10.2. The lowest BCUT2D eigenvalue weighted by molar-refractivity contribution is 0.0920. The molecule has 1 aromatic heterocycles. The number of rotatable bonds is 6. The molecule has 0 atom stereocenters. The number of benzene rings is 2. The summed E-state index contributed by atoms with van der Waals surface area (Å²) >= 11 is 0. The number of nitriles is 1. The highest BCUT2D eigenvalue weighted by Gasteiger charge is 2.24. The zero-order valence-corrected chi connectivity index (χ0v) is 20.8. The summed E-state index contributed by atoms with van der Waals surface area (Å²) in [5.74, 6) is 0.751. The van der Waals surface area contributed by atoms with Gasteiger partial charge in [-0.25, -0.2) is 0 Å². The van der Waals surface area contributed by atoms with Gasteiger partial charge >= 0.3 is 0 Å². The van der Waals surface area contributed by atoms with Crippen molar-refractivity contribution in [2.75, 3.05) is 19.6 Å². The summed E-state index contributed by atoms with van der Waals surface area (Å²) < 4.78 is 0. The van der Waals surface area contributed by atoms with Gasteiger partial charge in [-0.1, -0.05) is 24.3 Å². The van der Waals surface area contributed by atoms with Crippen LogP contribution in [0.2, 0.25) is 0 Å². The van der Waals surface area contributed by atoms with E-state index in [1.807, 2.05) is 48.5 Å². The van der Waals surface area contributed by atoms with Gasteiger partial charge in [0.2, 0.25) is 0 Å². The van der Waals surface area contributed by atoms with Crippen LogP contribution in [0.1, 0.15) is 59.2 Å². The van der Waals surface area contributed by atoms with Gasteiger partial charge in [-0.3, -0.25) is 9.78 Å². The maximum absolute atomic E-state index is 12.9. The normalized spacial score (nSPS) is 20.1. The first-order valence-electron chi connectivity index (χ1n) is 13.2. The molecule has 0 radical (unpaired) electrons. The summed E-state index contributed by atoms with van der Waals surface area (Å²) in [7, 11) is 0. The minimum atomic E-state index is 0.0138. The van der Waals surface area contributed by atoms with Crippen LogP contribution in [0.15, 0.2) is 66.9 Å². The molecule has 1 aliphatic heterocycles. The second kappa shape index (κ2) is 11.5. The first-order chi connectivity index (χ1) is 17.7. The number of carbonyl (C=O) groups is 1. The van der Waals surface area contributed by atoms with Crippen molar-refractivity contribution in [3.63, 3.8) is 0 Å². The third kappa shape index (κ3) is 6.01. The Morgan fingerprint density at radius 2 is 1.81 bits per heavy atom. The average Bonchev–Trinajstić information content (AvgIpc) is 3.15. The van der Waals surface area contributed by atoms with Crippen molar-refractivity contribution < 1.29 is 4.79 Å². The van der Waals surface area contributed by atoms with E-state index in [9.17, 15) is 10.1 Å². The first kappa shape index (κ1) is 24.2. The third-order valence-corrected chi connectivity index (χ3v) is 7.85. The molecule has 5 heteroatoms. The van der Waals surface area contributed by atoms with Crippen LogP contribution in [-0.2, 0) is 12.8 Å². The Kier molecular flexibility index (Phi) is 7.73. The molecule has 2 aromatic carbocycles. The molecule has 3 aromatic rings. The van der Waals surface area contributed by atoms with Crippen molar-refractivity contribution in [2.45, 2.75) is 51.0 Å². The predicted octanol–water partition coefficient (Wildman–Crippen LogP) is 5.40. The summed E-state index contributed by atoms with van der Waals surface area (Å²) in [6.45, 7) is 3.31. The molecule has 0 unspecified atom stereocenters. The summed E-state index contributed by atoms with van der Waals surface area (Å²) in [4.78, 5) is 19.9. The summed E-state index contributed by atoms with van der Waals surface area (Å²) in [5, 5.41) is 12.5. The van der Waals surface area contributed by atoms with E-state index in [0.717, 1.165) is 68.1 Å². The molecule has 2 aliphatic rings. The minimum Gasteiger partial charge on any atom is -0.349 e. The molecule has 184 valence electrons. The van der Waals surface area contributed by atoms with Crippen LogP contribution in [0, 0.1) is 17.2 Å². The van der Waals surface area contributed by atoms with E-state index in [4.69, 9.17) is 0 Å². The van der Waals surface area contributed by atoms with Gasteiger partial charge in [0.05, 0.1) is 17.3 Å². The van der Waals surface area contributed by atoms with Crippen molar-refractivity contribution in [1.29, 1.82) is 5.26 Å². The van der Waals surface area contributed by atoms with E-state index in [1.54, 1.807) is 6.20 Å². The van der Waals surface area contributed by atoms with Crippen LogP contribution in [0.3, 0.4) is 0 Å². The molecule has 1 saturated carbocycles. The van der Waals surface area contributed by atoms with Gasteiger partial charge < -0.3 is 10.2 Å². The van der Waals surface area contributed by atoms with E-state index >= 15 is 0 Å². The Labute approximate surface area is 214 Å². The number of aromatic nitrogens is 1. The fraction of sp³-hybridized carbons (Fsp3) is 0.387. The van der Waals surface area contributed by atoms with Crippen molar-refractivity contribution >= 4 is 5.91 Å². The van der Waals surface area contributed by atoms with Crippen LogP contribution in [0.5, 0.6) is 0 Å². The van der Waals surface area contributed by atoms with Gasteiger partial charge in [-0.05, 0) is 105 Å². The summed E-state index contributed by atoms with van der Waals surface area (Å²) in [6, 6.07) is 22.3. The molecule has 1 N–H and O–H groups in total. The number of fused-ring (bicyclic) bond motifs is 1. The van der Waals surface area contributed by atoms with Gasteiger partial charge in [-0.15, -0.1) is 0 Å². The van der Waals surface area contributed by atoms with Crippen LogP contribution in [0.4, 0.5) is 0 Å². The van der Waals surface area contributed by atoms with E-state index in [0.29, 0.717) is 5.56 Å². The first-order valence-corrected chi connectivity index (χ1v) is 13.2. The van der Waals surface area contributed by atoms with E-state index in [1.165, 1.54) is 30.4 Å². The van der Waals surface area contributed by atoms with Crippen LogP contribution in [-0.4, -0.2) is 41.5 Å². The predicted molar refractivity (Wildman–Crippen MR) is 143 cm³/mol. The molecule has 0 bridgehead atoms. The van der Waals surface area contributed by atoms with Crippen LogP contribution in [0.25, 0.3) is 11.3 Å². The monoisotopic (exact) mass is 478 g/mol. The molecule has 2 heterocycles. The molecule has 5 nitrogen and oxygen atoms in total. The zero-order valence-electron chi connectivity index (χ0n) is 20.8. The van der Waals surface area contributed by atoms with E-state index < -0.39 is 0 Å². The van der Waals surface area contributed by atoms with Crippen LogP contribution < -0.4 is 5.32 Å². The number of hydrogen-bond donors (Lipinski definition) is 1. The smallest absolute Gasteiger partial charge is 0.251 e. The van der Waals surface area contributed by atoms with Gasteiger partial charge in [0.1, 0.15) is 0 Å². The summed E-state index contributed by atoms with van der Waals surface area (Å²) in [6.07, 6.45) is 9.57. The topological polar surface area (TPSA) is 69.0 Å². The van der Waals surface area contributed by atoms with Gasteiger partial charge in [0, 0.05) is 36.5 Å². The Hall–Kier alpha value is -3.49. The van der Waals surface area contributed by atoms with Gasteiger partial charge in [-0.2, -0.15) is 5.26 Å². The molecular weight excluding hydrogens is 444 g/mol. The fourth-order valence-corrected chi connectivity index (χ4v) is 5.65. The SMILES string of the molecule is N#Cc1ccc2c(c1)CCN(CCC1CCC(NC(=O)c3cccc(-c4ccccn4)c3)CC1)CC2. The van der Waals surface area contributed by atoms with E-state index in [2.05, 4.69) is 33.4 Å². The largest absolute Gasteiger partial charge is 0.349 e. The van der Waals surface area contributed by atoms with Gasteiger partial charge in [0.25, 0.3) is 5.91 Å². The van der Waals surface area contributed by atoms with Crippen molar-refractivity contribution in [3.05, 3.63) is 89.1 Å². The van der Waals surface area contributed by atoms with E-state index in [-0.39, 0.29) is 11.9 Å². The highest BCUT2D eigenvalue weighted by Crippen LogP contribution is 2.28. The quantitative estimate of drug-likeness (QED) is 0.515. The standard InChI is InChI=1S/C31H34N4O/c32-22-24-7-10-25-14-18-35(19-15-26(25)20-24)17-13-23-8-11-29(12-9-23)34-31(36)28-5-3-4-27(21-28)30-6-1-2-16-33-30/h1-7,10,16,20-21,23,29H,8-9,11-15,17-19H2,(H,34,36). The third-order valence-electron chi connectivity index (χ3n) is 7.85. The number of carbonyl (C=O) groups excluding carboxylic acids is 1. The average molecular weight is 479 g/mol. The Morgan fingerprint density at radius 1 is 0.972 bits per heavy atom.